The van der Waals surface area contributed by atoms with Crippen LogP contribution in [-0.2, 0) is 4.79 Å². The highest BCUT2D eigenvalue weighted by atomic mass is 16.5. The summed E-state index contributed by atoms with van der Waals surface area (Å²) in [7, 11) is 0. The molecule has 96 valence electrons. The molecule has 0 radical (unpaired) electrons. The lowest BCUT2D eigenvalue weighted by molar-refractivity contribution is -0.129. The number of benzene rings is 2. The molecular weight excluding hydrogens is 244 g/mol. The highest BCUT2D eigenvalue weighted by Gasteiger charge is 2.05. The molecule has 0 aliphatic carbocycles. The Hall–Kier alpha value is -2.75. The van der Waals surface area contributed by atoms with Crippen LogP contribution in [-0.4, -0.2) is 16.2 Å². The van der Waals surface area contributed by atoms with E-state index in [0.717, 1.165) is 0 Å². The van der Waals surface area contributed by atoms with Gasteiger partial charge in [0.1, 0.15) is 5.75 Å². The Morgan fingerprint density at radius 2 is 1.58 bits per heavy atom. The van der Waals surface area contributed by atoms with E-state index in [1.54, 1.807) is 30.3 Å². The average molecular weight is 256 g/mol. The lowest BCUT2D eigenvalue weighted by atomic mass is 10.2. The van der Waals surface area contributed by atoms with Gasteiger partial charge in [-0.15, -0.1) is 0 Å². The van der Waals surface area contributed by atoms with Crippen molar-refractivity contribution in [3.63, 3.8) is 0 Å². The summed E-state index contributed by atoms with van der Waals surface area (Å²) in [6, 6.07) is 12.8. The molecule has 2 N–H and O–H groups in total. The van der Waals surface area contributed by atoms with E-state index in [0.29, 0.717) is 5.56 Å². The van der Waals surface area contributed by atoms with Gasteiger partial charge < -0.3 is 14.9 Å². The number of carbonyl (C=O) groups is 1. The quantitative estimate of drug-likeness (QED) is 0.503. The summed E-state index contributed by atoms with van der Waals surface area (Å²) in [5.74, 6) is -0.569. The van der Waals surface area contributed by atoms with Gasteiger partial charge in [0.15, 0.2) is 11.5 Å². The molecule has 0 heterocycles. The molecule has 0 aliphatic heterocycles. The number of ether oxygens (including phenoxy) is 1. The van der Waals surface area contributed by atoms with Gasteiger partial charge in [-0.05, 0) is 24.3 Å². The SMILES string of the molecule is O=C(/C=C/c1ccccc1O)Oc1ccccc1O. The lowest BCUT2D eigenvalue weighted by Gasteiger charge is -2.03. The Morgan fingerprint density at radius 3 is 2.26 bits per heavy atom. The van der Waals surface area contributed by atoms with Crippen molar-refractivity contribution in [3.05, 3.63) is 60.2 Å². The molecule has 19 heavy (non-hydrogen) atoms. The predicted octanol–water partition coefficient (Wildman–Crippen LogP) is 2.72. The monoisotopic (exact) mass is 256 g/mol. The normalized spacial score (nSPS) is 10.5. The second kappa shape index (κ2) is 5.73. The first-order valence-electron chi connectivity index (χ1n) is 5.62. The first-order valence-corrected chi connectivity index (χ1v) is 5.62. The molecule has 0 spiro atoms. The van der Waals surface area contributed by atoms with Crippen LogP contribution in [0.3, 0.4) is 0 Å². The van der Waals surface area contributed by atoms with Gasteiger partial charge >= 0.3 is 5.97 Å². The van der Waals surface area contributed by atoms with Crippen LogP contribution in [0.15, 0.2) is 54.6 Å². The number of phenolic OH excluding ortho intramolecular Hbond substituents is 2. The van der Waals surface area contributed by atoms with Crippen LogP contribution in [0.4, 0.5) is 0 Å². The summed E-state index contributed by atoms with van der Waals surface area (Å²) in [6.45, 7) is 0. The van der Waals surface area contributed by atoms with Gasteiger partial charge in [-0.3, -0.25) is 0 Å². The van der Waals surface area contributed by atoms with Crippen molar-refractivity contribution in [2.45, 2.75) is 0 Å². The van der Waals surface area contributed by atoms with E-state index in [-0.39, 0.29) is 17.2 Å². The number of carbonyl (C=O) groups excluding carboxylic acids is 1. The van der Waals surface area contributed by atoms with Crippen LogP contribution in [0.1, 0.15) is 5.56 Å². The van der Waals surface area contributed by atoms with Crippen LogP contribution in [0.5, 0.6) is 17.2 Å². The van der Waals surface area contributed by atoms with Gasteiger partial charge in [0, 0.05) is 11.6 Å². The number of esters is 1. The van der Waals surface area contributed by atoms with Crippen LogP contribution >= 0.6 is 0 Å². The highest BCUT2D eigenvalue weighted by molar-refractivity contribution is 5.89. The van der Waals surface area contributed by atoms with Gasteiger partial charge in [0.25, 0.3) is 0 Å². The summed E-state index contributed by atoms with van der Waals surface area (Å²) >= 11 is 0. The Kier molecular flexibility index (Phi) is 3.83. The number of aromatic hydroxyl groups is 2. The Labute approximate surface area is 110 Å². The van der Waals surface area contributed by atoms with E-state index in [1.165, 1.54) is 30.4 Å². The molecule has 0 bridgehead atoms. The first-order chi connectivity index (χ1) is 9.16. The number of para-hydroxylation sites is 3. The number of rotatable bonds is 3. The van der Waals surface area contributed by atoms with Gasteiger partial charge in [-0.1, -0.05) is 30.3 Å². The van der Waals surface area contributed by atoms with E-state index in [1.807, 2.05) is 0 Å². The molecular formula is C15H12O4. The summed E-state index contributed by atoms with van der Waals surface area (Å²) in [5.41, 5.74) is 0.511. The molecule has 0 amide bonds. The van der Waals surface area contributed by atoms with E-state index < -0.39 is 5.97 Å². The Morgan fingerprint density at radius 1 is 0.947 bits per heavy atom. The molecule has 4 heteroatoms. The van der Waals surface area contributed by atoms with Gasteiger partial charge in [-0.2, -0.15) is 0 Å². The van der Waals surface area contributed by atoms with Crippen molar-refractivity contribution in [1.82, 2.24) is 0 Å². The summed E-state index contributed by atoms with van der Waals surface area (Å²) < 4.78 is 4.95. The third-order valence-corrected chi connectivity index (χ3v) is 2.41. The van der Waals surface area contributed by atoms with Crippen molar-refractivity contribution >= 4 is 12.0 Å². The maximum Gasteiger partial charge on any atom is 0.336 e. The molecule has 0 saturated heterocycles. The number of hydrogen-bond donors (Lipinski definition) is 2. The molecule has 0 aromatic heterocycles. The zero-order chi connectivity index (χ0) is 13.7. The molecule has 2 aromatic carbocycles. The number of hydrogen-bond acceptors (Lipinski definition) is 4. The van der Waals surface area contributed by atoms with Crippen LogP contribution in [0, 0.1) is 0 Å². The maximum atomic E-state index is 11.5. The molecule has 0 unspecified atom stereocenters. The standard InChI is InChI=1S/C15H12O4/c16-12-6-2-1-5-11(12)9-10-15(18)19-14-8-4-3-7-13(14)17/h1-10,16-17H/b10-9+. The van der Waals surface area contributed by atoms with Crippen molar-refractivity contribution in [3.8, 4) is 17.2 Å². The molecule has 2 aromatic rings. The van der Waals surface area contributed by atoms with E-state index >= 15 is 0 Å². The predicted molar refractivity (Wildman–Crippen MR) is 70.9 cm³/mol. The van der Waals surface area contributed by atoms with Gasteiger partial charge in [-0.25, -0.2) is 4.79 Å². The fourth-order valence-corrected chi connectivity index (χ4v) is 1.47. The fourth-order valence-electron chi connectivity index (χ4n) is 1.47. The minimum Gasteiger partial charge on any atom is -0.507 e. The van der Waals surface area contributed by atoms with Gasteiger partial charge in [0.2, 0.25) is 0 Å². The summed E-state index contributed by atoms with van der Waals surface area (Å²) in [5, 5.41) is 19.0. The third-order valence-electron chi connectivity index (χ3n) is 2.41. The fraction of sp³-hybridized carbons (Fsp3) is 0. The van der Waals surface area contributed by atoms with E-state index in [4.69, 9.17) is 4.74 Å². The smallest absolute Gasteiger partial charge is 0.336 e. The van der Waals surface area contributed by atoms with Crippen LogP contribution < -0.4 is 4.74 Å². The largest absolute Gasteiger partial charge is 0.507 e. The van der Waals surface area contributed by atoms with Crippen molar-refractivity contribution in [2.75, 3.05) is 0 Å². The molecule has 4 nitrogen and oxygen atoms in total. The third kappa shape index (κ3) is 3.35. The van der Waals surface area contributed by atoms with Crippen molar-refractivity contribution < 1.29 is 19.7 Å². The van der Waals surface area contributed by atoms with E-state index in [9.17, 15) is 15.0 Å². The maximum absolute atomic E-state index is 11.5. The van der Waals surface area contributed by atoms with Crippen LogP contribution in [0.25, 0.3) is 6.08 Å². The van der Waals surface area contributed by atoms with Crippen LogP contribution in [0.2, 0.25) is 0 Å². The average Bonchev–Trinajstić information content (AvgIpc) is 2.40. The topological polar surface area (TPSA) is 66.8 Å². The zero-order valence-electron chi connectivity index (χ0n) is 9.98. The molecule has 2 rings (SSSR count). The van der Waals surface area contributed by atoms with Crippen molar-refractivity contribution in [1.29, 1.82) is 0 Å². The summed E-state index contributed by atoms with van der Waals surface area (Å²) in [6.07, 6.45) is 2.62. The Bertz CT molecular complexity index is 617. The number of phenols is 2. The molecule has 0 atom stereocenters. The highest BCUT2D eigenvalue weighted by Crippen LogP contribution is 2.24. The lowest BCUT2D eigenvalue weighted by Crippen LogP contribution is -2.03. The zero-order valence-corrected chi connectivity index (χ0v) is 9.98. The Balaban J connectivity index is 2.06. The summed E-state index contributed by atoms with van der Waals surface area (Å²) in [4.78, 5) is 11.5. The molecule has 0 fully saturated rings. The second-order valence-electron chi connectivity index (χ2n) is 3.78. The van der Waals surface area contributed by atoms with Crippen molar-refractivity contribution in [2.24, 2.45) is 0 Å². The van der Waals surface area contributed by atoms with E-state index in [2.05, 4.69) is 0 Å². The first kappa shape index (κ1) is 12.7. The molecule has 0 saturated carbocycles. The minimum absolute atomic E-state index is 0.0779. The molecule has 0 aliphatic rings. The minimum atomic E-state index is -0.634. The second-order valence-corrected chi connectivity index (χ2v) is 3.78. The van der Waals surface area contributed by atoms with Gasteiger partial charge in [0.05, 0.1) is 0 Å².